The molecule has 2 bridgehead atoms. The Balaban J connectivity index is 2.25. The average molecular weight is 284 g/mol. The summed E-state index contributed by atoms with van der Waals surface area (Å²) in [7, 11) is 1.55. The SMILES string of the molecule is CN(C(=O)OC(C)(C)C)C1(C(=O)O)CN2CCC1CC2. The Kier molecular flexibility index (Phi) is 3.71. The molecule has 0 aromatic rings. The fraction of sp³-hybridized carbons (Fsp3) is 0.857. The van der Waals surface area contributed by atoms with Gasteiger partial charge in [-0.25, -0.2) is 9.59 Å². The zero-order valence-electron chi connectivity index (χ0n) is 12.7. The first-order valence-electron chi connectivity index (χ1n) is 7.09. The van der Waals surface area contributed by atoms with Crippen LogP contribution in [0.3, 0.4) is 0 Å². The minimum Gasteiger partial charge on any atom is -0.479 e. The predicted molar refractivity (Wildman–Crippen MR) is 73.5 cm³/mol. The second-order valence-electron chi connectivity index (χ2n) is 6.82. The van der Waals surface area contributed by atoms with Gasteiger partial charge in [0, 0.05) is 13.6 Å². The molecule has 0 aromatic carbocycles. The maximum atomic E-state index is 12.3. The van der Waals surface area contributed by atoms with Gasteiger partial charge in [-0.1, -0.05) is 0 Å². The van der Waals surface area contributed by atoms with Crippen molar-refractivity contribution in [3.05, 3.63) is 0 Å². The number of likely N-dealkylation sites (N-methyl/N-ethyl adjacent to an activating group) is 1. The van der Waals surface area contributed by atoms with Gasteiger partial charge in [0.15, 0.2) is 5.54 Å². The topological polar surface area (TPSA) is 70.1 Å². The van der Waals surface area contributed by atoms with Crippen molar-refractivity contribution >= 4 is 12.1 Å². The molecule has 0 saturated carbocycles. The van der Waals surface area contributed by atoms with Crippen molar-refractivity contribution in [2.75, 3.05) is 26.7 Å². The van der Waals surface area contributed by atoms with Crippen LogP contribution in [0.2, 0.25) is 0 Å². The highest BCUT2D eigenvalue weighted by molar-refractivity contribution is 5.85. The number of rotatable bonds is 2. The molecule has 3 heterocycles. The van der Waals surface area contributed by atoms with Crippen LogP contribution < -0.4 is 0 Å². The maximum absolute atomic E-state index is 12.3. The lowest BCUT2D eigenvalue weighted by Gasteiger charge is -2.54. The van der Waals surface area contributed by atoms with E-state index in [2.05, 4.69) is 4.90 Å². The number of carbonyl (C=O) groups is 2. The van der Waals surface area contributed by atoms with Crippen LogP contribution in [0, 0.1) is 5.92 Å². The van der Waals surface area contributed by atoms with Gasteiger partial charge in [0.2, 0.25) is 0 Å². The van der Waals surface area contributed by atoms with Crippen molar-refractivity contribution in [2.45, 2.75) is 44.8 Å². The van der Waals surface area contributed by atoms with Crippen LogP contribution in [0.5, 0.6) is 0 Å². The number of aliphatic carboxylic acids is 1. The lowest BCUT2D eigenvalue weighted by atomic mass is 9.72. The predicted octanol–water partition coefficient (Wildman–Crippen LogP) is 1.40. The van der Waals surface area contributed by atoms with Gasteiger partial charge in [-0.2, -0.15) is 0 Å². The van der Waals surface area contributed by atoms with E-state index in [1.165, 1.54) is 4.90 Å². The normalized spacial score (nSPS) is 32.8. The quantitative estimate of drug-likeness (QED) is 0.830. The number of hydrogen-bond acceptors (Lipinski definition) is 4. The van der Waals surface area contributed by atoms with E-state index >= 15 is 0 Å². The van der Waals surface area contributed by atoms with Crippen molar-refractivity contribution in [2.24, 2.45) is 5.92 Å². The lowest BCUT2D eigenvalue weighted by Crippen LogP contribution is -2.71. The Labute approximate surface area is 119 Å². The Hall–Kier alpha value is -1.30. The molecule has 0 aromatic heterocycles. The van der Waals surface area contributed by atoms with Crippen LogP contribution in [0.4, 0.5) is 4.79 Å². The highest BCUT2D eigenvalue weighted by Crippen LogP contribution is 2.40. The molecular weight excluding hydrogens is 260 g/mol. The molecule has 1 N–H and O–H groups in total. The van der Waals surface area contributed by atoms with Gasteiger partial charge in [-0.15, -0.1) is 0 Å². The molecule has 20 heavy (non-hydrogen) atoms. The van der Waals surface area contributed by atoms with Crippen molar-refractivity contribution in [1.29, 1.82) is 0 Å². The zero-order chi connectivity index (χ0) is 15.1. The first-order chi connectivity index (χ1) is 9.17. The van der Waals surface area contributed by atoms with Crippen molar-refractivity contribution in [3.8, 4) is 0 Å². The number of amides is 1. The van der Waals surface area contributed by atoms with Gasteiger partial charge in [0.1, 0.15) is 5.60 Å². The first-order valence-corrected chi connectivity index (χ1v) is 7.09. The molecule has 3 aliphatic heterocycles. The highest BCUT2D eigenvalue weighted by Gasteiger charge is 2.57. The van der Waals surface area contributed by atoms with Gasteiger partial charge in [-0.05, 0) is 52.6 Å². The maximum Gasteiger partial charge on any atom is 0.411 e. The lowest BCUT2D eigenvalue weighted by molar-refractivity contribution is -0.164. The van der Waals surface area contributed by atoms with Crippen LogP contribution in [0.15, 0.2) is 0 Å². The Bertz CT molecular complexity index is 410. The fourth-order valence-corrected chi connectivity index (χ4v) is 3.30. The molecule has 0 aliphatic carbocycles. The first kappa shape index (κ1) is 15.1. The number of hydrogen-bond donors (Lipinski definition) is 1. The van der Waals surface area contributed by atoms with Gasteiger partial charge >= 0.3 is 12.1 Å². The summed E-state index contributed by atoms with van der Waals surface area (Å²) in [6.45, 7) is 7.57. The summed E-state index contributed by atoms with van der Waals surface area (Å²) >= 11 is 0. The summed E-state index contributed by atoms with van der Waals surface area (Å²) in [5.41, 5.74) is -1.78. The molecule has 114 valence electrons. The number of ether oxygens (including phenoxy) is 1. The summed E-state index contributed by atoms with van der Waals surface area (Å²) < 4.78 is 5.34. The summed E-state index contributed by atoms with van der Waals surface area (Å²) in [6.07, 6.45) is 1.08. The van der Waals surface area contributed by atoms with E-state index in [0.29, 0.717) is 6.54 Å². The average Bonchev–Trinajstić information content (AvgIpc) is 2.36. The van der Waals surface area contributed by atoms with E-state index < -0.39 is 23.2 Å². The number of carboxylic acid groups (broad SMARTS) is 1. The third-order valence-electron chi connectivity index (χ3n) is 4.36. The van der Waals surface area contributed by atoms with E-state index in [-0.39, 0.29) is 5.92 Å². The Morgan fingerprint density at radius 1 is 1.30 bits per heavy atom. The second kappa shape index (κ2) is 4.91. The zero-order valence-corrected chi connectivity index (χ0v) is 12.7. The van der Waals surface area contributed by atoms with E-state index in [0.717, 1.165) is 25.9 Å². The van der Waals surface area contributed by atoms with E-state index in [1.54, 1.807) is 27.8 Å². The minimum atomic E-state index is -1.15. The van der Waals surface area contributed by atoms with E-state index in [4.69, 9.17) is 4.74 Å². The second-order valence-corrected chi connectivity index (χ2v) is 6.82. The number of fused-ring (bicyclic) bond motifs is 3. The van der Waals surface area contributed by atoms with Gasteiger partial charge in [0.25, 0.3) is 0 Å². The molecule has 1 atom stereocenters. The molecule has 1 unspecified atom stereocenters. The van der Waals surface area contributed by atoms with Crippen molar-refractivity contribution in [1.82, 2.24) is 9.80 Å². The number of nitrogens with zero attached hydrogens (tertiary/aromatic N) is 2. The van der Waals surface area contributed by atoms with E-state index in [1.807, 2.05) is 0 Å². The highest BCUT2D eigenvalue weighted by atomic mass is 16.6. The molecule has 0 spiro atoms. The van der Waals surface area contributed by atoms with Crippen molar-refractivity contribution in [3.63, 3.8) is 0 Å². The molecule has 3 aliphatic rings. The molecule has 6 heteroatoms. The Morgan fingerprint density at radius 3 is 2.20 bits per heavy atom. The third-order valence-corrected chi connectivity index (χ3v) is 4.36. The molecule has 0 radical (unpaired) electrons. The summed E-state index contributed by atoms with van der Waals surface area (Å²) in [5.74, 6) is -0.928. The number of piperidine rings is 3. The van der Waals surface area contributed by atoms with E-state index in [9.17, 15) is 14.7 Å². The van der Waals surface area contributed by atoms with Crippen LogP contribution in [-0.4, -0.2) is 64.8 Å². The molecule has 3 rings (SSSR count). The smallest absolute Gasteiger partial charge is 0.411 e. The standard InChI is InChI=1S/C14H24N2O4/c1-13(2,3)20-12(19)15(4)14(11(17)18)9-16-7-5-10(14)6-8-16/h10H,5-9H2,1-4H3,(H,17,18). The molecular formula is C14H24N2O4. The fourth-order valence-electron chi connectivity index (χ4n) is 3.30. The Morgan fingerprint density at radius 2 is 1.85 bits per heavy atom. The van der Waals surface area contributed by atoms with Gasteiger partial charge in [-0.3, -0.25) is 4.90 Å². The monoisotopic (exact) mass is 284 g/mol. The van der Waals surface area contributed by atoms with Crippen LogP contribution in [-0.2, 0) is 9.53 Å². The van der Waals surface area contributed by atoms with Gasteiger partial charge in [0.05, 0.1) is 0 Å². The van der Waals surface area contributed by atoms with Crippen LogP contribution in [0.1, 0.15) is 33.6 Å². The summed E-state index contributed by atoms with van der Waals surface area (Å²) in [6, 6.07) is 0. The van der Waals surface area contributed by atoms with Crippen LogP contribution in [0.25, 0.3) is 0 Å². The van der Waals surface area contributed by atoms with Crippen molar-refractivity contribution < 1.29 is 19.4 Å². The molecule has 1 amide bonds. The van der Waals surface area contributed by atoms with Crippen LogP contribution >= 0.6 is 0 Å². The molecule has 6 nitrogen and oxygen atoms in total. The number of carboxylic acids is 1. The minimum absolute atomic E-state index is 0.00233. The summed E-state index contributed by atoms with van der Waals surface area (Å²) in [5, 5.41) is 9.75. The number of carbonyl (C=O) groups excluding carboxylic acids is 1. The molecule has 3 saturated heterocycles. The molecule has 3 fully saturated rings. The third kappa shape index (κ3) is 2.49. The largest absolute Gasteiger partial charge is 0.479 e. The van der Waals surface area contributed by atoms with Gasteiger partial charge < -0.3 is 14.7 Å². The summed E-state index contributed by atoms with van der Waals surface area (Å²) in [4.78, 5) is 27.6.